The molecule has 3 aromatic rings. The van der Waals surface area contributed by atoms with Crippen LogP contribution in [0.4, 0.5) is 17.1 Å². The maximum absolute atomic E-state index is 13.0. The lowest BCUT2D eigenvalue weighted by Gasteiger charge is -2.17. The van der Waals surface area contributed by atoms with E-state index in [9.17, 15) is 19.2 Å². The van der Waals surface area contributed by atoms with E-state index in [4.69, 9.17) is 16.3 Å². The summed E-state index contributed by atoms with van der Waals surface area (Å²) >= 11 is 6.22. The van der Waals surface area contributed by atoms with Gasteiger partial charge in [-0.1, -0.05) is 43.1 Å². The number of nitrogens with one attached hydrogen (secondary N) is 2. The lowest BCUT2D eigenvalue weighted by atomic mass is 10.1. The standard InChI is InChI=1S/C29H26ClN3O5/c1-3-4-17-38-29(37)20-11-15-22(16-12-20)32-26(34)19-9-13-21(14-10-19)31-25-24(30)27(35)33(28(25)36)23-8-6-5-7-18(23)2/h5-16,31H,3-4,17H2,1-2H3,(H,32,34). The Balaban J connectivity index is 1.39. The minimum absolute atomic E-state index is 0.0366. The van der Waals surface area contributed by atoms with Crippen molar-refractivity contribution in [3.8, 4) is 0 Å². The number of halogens is 1. The first-order valence-corrected chi connectivity index (χ1v) is 12.5. The van der Waals surface area contributed by atoms with Gasteiger partial charge in [0, 0.05) is 16.9 Å². The topological polar surface area (TPSA) is 105 Å². The molecular weight excluding hydrogens is 506 g/mol. The smallest absolute Gasteiger partial charge is 0.338 e. The van der Waals surface area contributed by atoms with Gasteiger partial charge in [0.15, 0.2) is 0 Å². The quantitative estimate of drug-likeness (QED) is 0.210. The van der Waals surface area contributed by atoms with Gasteiger partial charge in [-0.05, 0) is 73.5 Å². The van der Waals surface area contributed by atoms with Crippen molar-refractivity contribution in [2.24, 2.45) is 0 Å². The van der Waals surface area contributed by atoms with Crippen LogP contribution in [0, 0.1) is 6.92 Å². The SMILES string of the molecule is CCCCOC(=O)c1ccc(NC(=O)c2ccc(NC3=C(Cl)C(=O)N(c4ccccc4C)C3=O)cc2)cc1. The van der Waals surface area contributed by atoms with E-state index in [1.165, 1.54) is 0 Å². The molecule has 0 radical (unpaired) electrons. The Labute approximate surface area is 225 Å². The van der Waals surface area contributed by atoms with Gasteiger partial charge in [0.25, 0.3) is 17.7 Å². The number of unbranched alkanes of at least 4 members (excludes halogenated alkanes) is 1. The summed E-state index contributed by atoms with van der Waals surface area (Å²) in [5, 5.41) is 5.46. The van der Waals surface area contributed by atoms with Crippen LogP contribution in [0.1, 0.15) is 46.0 Å². The van der Waals surface area contributed by atoms with Gasteiger partial charge in [0.2, 0.25) is 0 Å². The highest BCUT2D eigenvalue weighted by atomic mass is 35.5. The van der Waals surface area contributed by atoms with Crippen LogP contribution in [0.25, 0.3) is 0 Å². The van der Waals surface area contributed by atoms with E-state index >= 15 is 0 Å². The highest BCUT2D eigenvalue weighted by molar-refractivity contribution is 6.53. The second kappa shape index (κ2) is 11.7. The van der Waals surface area contributed by atoms with Crippen LogP contribution in [0.3, 0.4) is 0 Å². The number of nitrogens with zero attached hydrogens (tertiary/aromatic N) is 1. The normalized spacial score (nSPS) is 13.1. The largest absolute Gasteiger partial charge is 0.462 e. The molecule has 38 heavy (non-hydrogen) atoms. The molecule has 1 aliphatic rings. The summed E-state index contributed by atoms with van der Waals surface area (Å²) in [6, 6.07) is 19.8. The number of para-hydroxylation sites is 1. The van der Waals surface area contributed by atoms with Crippen molar-refractivity contribution in [1.82, 2.24) is 0 Å². The number of hydrogen-bond acceptors (Lipinski definition) is 6. The van der Waals surface area contributed by atoms with Crippen molar-refractivity contribution < 1.29 is 23.9 Å². The molecule has 0 aromatic heterocycles. The molecule has 0 atom stereocenters. The van der Waals surface area contributed by atoms with Gasteiger partial charge in [-0.2, -0.15) is 0 Å². The van der Waals surface area contributed by atoms with E-state index in [1.807, 2.05) is 13.0 Å². The number of rotatable bonds is 9. The van der Waals surface area contributed by atoms with E-state index in [0.717, 1.165) is 23.3 Å². The molecule has 0 spiro atoms. The molecular formula is C29H26ClN3O5. The zero-order valence-electron chi connectivity index (χ0n) is 20.9. The van der Waals surface area contributed by atoms with Crippen molar-refractivity contribution in [3.05, 3.63) is 100 Å². The molecule has 1 heterocycles. The summed E-state index contributed by atoms with van der Waals surface area (Å²) < 4.78 is 5.18. The number of anilines is 3. The number of benzene rings is 3. The Hall–Kier alpha value is -4.43. The molecule has 3 aromatic carbocycles. The molecule has 8 nitrogen and oxygen atoms in total. The molecule has 1 aliphatic heterocycles. The Bertz CT molecular complexity index is 1410. The zero-order chi connectivity index (χ0) is 27.2. The number of carbonyl (C=O) groups is 4. The molecule has 0 aliphatic carbocycles. The molecule has 3 amide bonds. The third-order valence-corrected chi connectivity index (χ3v) is 6.26. The van der Waals surface area contributed by atoms with Crippen LogP contribution >= 0.6 is 11.6 Å². The Kier molecular flexibility index (Phi) is 8.23. The van der Waals surface area contributed by atoms with E-state index in [-0.39, 0.29) is 16.6 Å². The first-order valence-electron chi connectivity index (χ1n) is 12.1. The van der Waals surface area contributed by atoms with Crippen molar-refractivity contribution in [2.45, 2.75) is 26.7 Å². The number of ether oxygens (including phenoxy) is 1. The van der Waals surface area contributed by atoms with Gasteiger partial charge >= 0.3 is 5.97 Å². The summed E-state index contributed by atoms with van der Waals surface area (Å²) in [5.41, 5.74) is 2.96. The number of imide groups is 1. The summed E-state index contributed by atoms with van der Waals surface area (Å²) in [6.45, 7) is 4.19. The van der Waals surface area contributed by atoms with Gasteiger partial charge < -0.3 is 15.4 Å². The van der Waals surface area contributed by atoms with Crippen LogP contribution < -0.4 is 15.5 Å². The molecule has 0 bridgehead atoms. The van der Waals surface area contributed by atoms with Crippen molar-refractivity contribution in [1.29, 1.82) is 0 Å². The zero-order valence-corrected chi connectivity index (χ0v) is 21.7. The lowest BCUT2D eigenvalue weighted by molar-refractivity contribution is -0.120. The maximum Gasteiger partial charge on any atom is 0.338 e. The number of esters is 1. The first kappa shape index (κ1) is 26.6. The van der Waals surface area contributed by atoms with Crippen molar-refractivity contribution in [3.63, 3.8) is 0 Å². The monoisotopic (exact) mass is 531 g/mol. The molecule has 0 saturated heterocycles. The summed E-state index contributed by atoms with van der Waals surface area (Å²) in [4.78, 5) is 51.4. The van der Waals surface area contributed by atoms with Crippen LogP contribution in [-0.4, -0.2) is 30.3 Å². The van der Waals surface area contributed by atoms with Crippen LogP contribution in [0.5, 0.6) is 0 Å². The predicted molar refractivity (Wildman–Crippen MR) is 146 cm³/mol. The van der Waals surface area contributed by atoms with Gasteiger partial charge in [-0.15, -0.1) is 0 Å². The third-order valence-electron chi connectivity index (χ3n) is 5.91. The summed E-state index contributed by atoms with van der Waals surface area (Å²) in [7, 11) is 0. The van der Waals surface area contributed by atoms with Crippen molar-refractivity contribution in [2.75, 3.05) is 22.1 Å². The molecule has 0 fully saturated rings. The second-order valence-corrected chi connectivity index (χ2v) is 9.02. The number of carbonyl (C=O) groups excluding carboxylic acids is 4. The average molecular weight is 532 g/mol. The minimum atomic E-state index is -0.607. The highest BCUT2D eigenvalue weighted by Crippen LogP contribution is 2.31. The van der Waals surface area contributed by atoms with Gasteiger partial charge in [-0.3, -0.25) is 14.4 Å². The van der Waals surface area contributed by atoms with Crippen LogP contribution in [0.2, 0.25) is 0 Å². The fourth-order valence-electron chi connectivity index (χ4n) is 3.78. The Morgan fingerprint density at radius 2 is 1.50 bits per heavy atom. The molecule has 9 heteroatoms. The Morgan fingerprint density at radius 3 is 2.16 bits per heavy atom. The van der Waals surface area contributed by atoms with E-state index < -0.39 is 17.8 Å². The first-order chi connectivity index (χ1) is 18.3. The predicted octanol–water partition coefficient (Wildman–Crippen LogP) is 5.64. The van der Waals surface area contributed by atoms with Crippen LogP contribution in [-0.2, 0) is 14.3 Å². The van der Waals surface area contributed by atoms with Gasteiger partial charge in [0.05, 0.1) is 17.9 Å². The van der Waals surface area contributed by atoms with Crippen molar-refractivity contribution >= 4 is 52.4 Å². The third kappa shape index (κ3) is 5.76. The number of amides is 3. The molecule has 194 valence electrons. The van der Waals surface area contributed by atoms with E-state index in [0.29, 0.717) is 34.8 Å². The fraction of sp³-hybridized carbons (Fsp3) is 0.172. The van der Waals surface area contributed by atoms with E-state index in [2.05, 4.69) is 10.6 Å². The maximum atomic E-state index is 13.0. The lowest BCUT2D eigenvalue weighted by Crippen LogP contribution is -2.32. The summed E-state index contributed by atoms with van der Waals surface area (Å²) in [5.74, 6) is -1.93. The molecule has 0 saturated carbocycles. The summed E-state index contributed by atoms with van der Waals surface area (Å²) in [6.07, 6.45) is 1.74. The molecule has 2 N–H and O–H groups in total. The van der Waals surface area contributed by atoms with Crippen LogP contribution in [0.15, 0.2) is 83.5 Å². The van der Waals surface area contributed by atoms with Gasteiger partial charge in [-0.25, -0.2) is 9.69 Å². The number of hydrogen-bond donors (Lipinski definition) is 2. The van der Waals surface area contributed by atoms with Gasteiger partial charge in [0.1, 0.15) is 10.7 Å². The number of aryl methyl sites for hydroxylation is 1. The average Bonchev–Trinajstić information content (AvgIpc) is 3.12. The highest BCUT2D eigenvalue weighted by Gasteiger charge is 2.39. The fourth-order valence-corrected chi connectivity index (χ4v) is 3.99. The van der Waals surface area contributed by atoms with E-state index in [1.54, 1.807) is 73.7 Å². The minimum Gasteiger partial charge on any atom is -0.462 e. The Morgan fingerprint density at radius 1 is 0.868 bits per heavy atom. The molecule has 0 unspecified atom stereocenters. The molecule has 4 rings (SSSR count). The second-order valence-electron chi connectivity index (χ2n) is 8.64.